The quantitative estimate of drug-likeness (QED) is 0.145. The number of rotatable bonds is 9. The predicted octanol–water partition coefficient (Wildman–Crippen LogP) is 7.31. The van der Waals surface area contributed by atoms with Crippen LogP contribution >= 0.6 is 22.7 Å². The van der Waals surface area contributed by atoms with Crippen LogP contribution in [0.5, 0.6) is 0 Å². The Bertz CT molecular complexity index is 2810. The third-order valence-corrected chi connectivity index (χ3v) is 17.6. The van der Waals surface area contributed by atoms with Crippen LogP contribution in [0.4, 0.5) is 19.0 Å². The average molecular weight is 907 g/mol. The summed E-state index contributed by atoms with van der Waals surface area (Å²) < 4.78 is 79.5. The SMILES string of the molecule is CCCS(=O)(=O)c1ccccc1C(=O)N1CCN(c2nc3ccc(F)cc3s2)CC1.O=C(c1ccccc1S(=O)(=O)C1CCC1)N1CCN(c2nc3ccc(F)cc3s2)CC1. The number of piperazine rings is 2. The molecule has 1 aliphatic carbocycles. The van der Waals surface area contributed by atoms with Crippen molar-refractivity contribution in [1.82, 2.24) is 19.8 Å². The summed E-state index contributed by atoms with van der Waals surface area (Å²) in [7, 11) is -6.98. The second-order valence-corrected chi connectivity index (χ2v) is 21.5. The fourth-order valence-electron chi connectivity index (χ4n) is 7.63. The molecule has 3 fully saturated rings. The number of sulfone groups is 2. The molecule has 0 N–H and O–H groups in total. The monoisotopic (exact) mass is 906 g/mol. The average Bonchev–Trinajstić information content (AvgIpc) is 3.87. The van der Waals surface area contributed by atoms with E-state index >= 15 is 0 Å². The van der Waals surface area contributed by atoms with E-state index in [1.165, 1.54) is 53.0 Å². The lowest BCUT2D eigenvalue weighted by molar-refractivity contribution is 0.0735. The van der Waals surface area contributed by atoms with E-state index in [2.05, 4.69) is 19.8 Å². The molecule has 6 aromatic rings. The first-order valence-corrected chi connectivity index (χ1v) is 25.0. The van der Waals surface area contributed by atoms with Crippen LogP contribution in [-0.2, 0) is 19.7 Å². The molecule has 0 bridgehead atoms. The number of aromatic nitrogens is 2. The summed E-state index contributed by atoms with van der Waals surface area (Å²) in [6.07, 6.45) is 2.74. The van der Waals surface area contributed by atoms with Crippen LogP contribution in [0.15, 0.2) is 94.7 Å². The predicted molar refractivity (Wildman–Crippen MR) is 235 cm³/mol. The number of benzene rings is 4. The minimum atomic E-state index is -3.49. The summed E-state index contributed by atoms with van der Waals surface area (Å²) in [5, 5.41) is 1.23. The third kappa shape index (κ3) is 8.99. The first-order chi connectivity index (χ1) is 29.3. The van der Waals surface area contributed by atoms with Crippen LogP contribution in [0.25, 0.3) is 20.4 Å². The Morgan fingerprint density at radius 1 is 0.639 bits per heavy atom. The zero-order valence-electron chi connectivity index (χ0n) is 33.4. The standard InChI is InChI=1S/C22H22FN3O3S2.C21H22FN3O3S2/c23-15-8-9-18-19(14-15)30-22(24-18)26-12-10-25(11-13-26)21(27)17-6-1-2-7-20(17)31(28,29)16-4-3-5-16;1-2-13-30(27,28)19-6-4-3-5-16(19)20(26)24-9-11-25(12-10-24)21-23-17-8-7-15(22)14-18(17)29-21/h1-2,6-9,14,16H,3-5,10-13H2;3-8,14H,2,9-13H2,1H3. The van der Waals surface area contributed by atoms with Crippen LogP contribution < -0.4 is 9.80 Å². The molecule has 18 heteroatoms. The molecule has 4 heterocycles. The Morgan fingerprint density at radius 3 is 1.52 bits per heavy atom. The smallest absolute Gasteiger partial charge is 0.255 e. The van der Waals surface area contributed by atoms with Crippen molar-refractivity contribution in [2.75, 3.05) is 67.9 Å². The van der Waals surface area contributed by atoms with Crippen molar-refractivity contribution in [2.45, 2.75) is 47.6 Å². The summed E-state index contributed by atoms with van der Waals surface area (Å²) in [6.45, 7) is 6.02. The molecule has 2 aromatic heterocycles. The van der Waals surface area contributed by atoms with Gasteiger partial charge in [-0.2, -0.15) is 0 Å². The van der Waals surface area contributed by atoms with E-state index in [9.17, 15) is 35.2 Å². The van der Waals surface area contributed by atoms with Gasteiger partial charge < -0.3 is 19.6 Å². The van der Waals surface area contributed by atoms with Crippen molar-refractivity contribution in [3.63, 3.8) is 0 Å². The molecule has 2 amide bonds. The minimum absolute atomic E-state index is 0.0171. The van der Waals surface area contributed by atoms with Gasteiger partial charge in [-0.3, -0.25) is 9.59 Å². The zero-order chi connectivity index (χ0) is 42.9. The second kappa shape index (κ2) is 17.7. The molecular formula is C43H44F2N6O6S4. The molecule has 9 rings (SSSR count). The lowest BCUT2D eigenvalue weighted by Crippen LogP contribution is -2.49. The van der Waals surface area contributed by atoms with Crippen LogP contribution in [0.1, 0.15) is 53.3 Å². The van der Waals surface area contributed by atoms with Crippen molar-refractivity contribution < 1.29 is 35.2 Å². The molecule has 0 unspecified atom stereocenters. The molecule has 0 spiro atoms. The maximum absolute atomic E-state index is 13.5. The number of nitrogens with zero attached hydrogens (tertiary/aromatic N) is 6. The molecule has 2 saturated heterocycles. The Balaban J connectivity index is 0.000000169. The van der Waals surface area contributed by atoms with Gasteiger partial charge in [0.1, 0.15) is 11.6 Å². The topological polar surface area (TPSA) is 141 Å². The number of carbonyl (C=O) groups excluding carboxylic acids is 2. The highest BCUT2D eigenvalue weighted by atomic mass is 32.2. The van der Waals surface area contributed by atoms with Gasteiger partial charge in [-0.05, 0) is 79.9 Å². The van der Waals surface area contributed by atoms with Crippen LogP contribution in [0, 0.1) is 11.6 Å². The van der Waals surface area contributed by atoms with Gasteiger partial charge in [-0.1, -0.05) is 60.3 Å². The van der Waals surface area contributed by atoms with Crippen molar-refractivity contribution >= 4 is 84.9 Å². The van der Waals surface area contributed by atoms with Gasteiger partial charge >= 0.3 is 0 Å². The lowest BCUT2D eigenvalue weighted by atomic mass is 10.00. The van der Waals surface area contributed by atoms with Gasteiger partial charge in [0.2, 0.25) is 0 Å². The maximum atomic E-state index is 13.5. The van der Waals surface area contributed by atoms with Crippen molar-refractivity contribution in [3.8, 4) is 0 Å². The van der Waals surface area contributed by atoms with E-state index in [-0.39, 0.29) is 55.4 Å². The van der Waals surface area contributed by atoms with Crippen molar-refractivity contribution in [1.29, 1.82) is 0 Å². The first-order valence-electron chi connectivity index (χ1n) is 20.2. The van der Waals surface area contributed by atoms with Gasteiger partial charge in [0, 0.05) is 52.4 Å². The van der Waals surface area contributed by atoms with Gasteiger partial charge in [0.05, 0.1) is 52.4 Å². The number of thiazole rings is 2. The molecule has 0 atom stereocenters. The maximum Gasteiger partial charge on any atom is 0.255 e. The molecule has 1 saturated carbocycles. The molecular weight excluding hydrogens is 863 g/mol. The lowest BCUT2D eigenvalue weighted by Gasteiger charge is -2.35. The molecule has 320 valence electrons. The van der Waals surface area contributed by atoms with Crippen LogP contribution in [-0.4, -0.2) is 112 Å². The fraction of sp³-hybridized carbons (Fsp3) is 0.349. The number of hydrogen-bond donors (Lipinski definition) is 0. The molecule has 2 aliphatic heterocycles. The summed E-state index contributed by atoms with van der Waals surface area (Å²) in [5.41, 5.74) is 2.01. The molecule has 0 radical (unpaired) electrons. The van der Waals surface area contributed by atoms with Crippen LogP contribution in [0.3, 0.4) is 0 Å². The van der Waals surface area contributed by atoms with E-state index in [4.69, 9.17) is 0 Å². The van der Waals surface area contributed by atoms with Crippen molar-refractivity contribution in [2.24, 2.45) is 0 Å². The largest absolute Gasteiger partial charge is 0.345 e. The highest BCUT2D eigenvalue weighted by Gasteiger charge is 2.36. The van der Waals surface area contributed by atoms with E-state index in [1.54, 1.807) is 71.3 Å². The number of carbonyl (C=O) groups is 2. The number of anilines is 2. The minimum Gasteiger partial charge on any atom is -0.345 e. The molecule has 3 aliphatic rings. The summed E-state index contributed by atoms with van der Waals surface area (Å²) in [6, 6.07) is 22.1. The van der Waals surface area contributed by atoms with E-state index in [0.717, 1.165) is 37.1 Å². The fourth-order valence-corrected chi connectivity index (χ4v) is 13.3. The molecule has 61 heavy (non-hydrogen) atoms. The summed E-state index contributed by atoms with van der Waals surface area (Å²) in [4.78, 5) is 43.2. The second-order valence-electron chi connectivity index (χ2n) is 15.2. The van der Waals surface area contributed by atoms with Crippen LogP contribution in [0.2, 0.25) is 0 Å². The van der Waals surface area contributed by atoms with Gasteiger partial charge in [-0.25, -0.2) is 35.6 Å². The normalized spacial score (nSPS) is 16.4. The highest BCUT2D eigenvalue weighted by molar-refractivity contribution is 7.92. The summed E-state index contributed by atoms with van der Waals surface area (Å²) >= 11 is 2.86. The molecule has 12 nitrogen and oxygen atoms in total. The number of hydrogen-bond acceptors (Lipinski definition) is 12. The number of amides is 2. The van der Waals surface area contributed by atoms with E-state index in [1.807, 2.05) is 0 Å². The van der Waals surface area contributed by atoms with E-state index < -0.39 is 19.7 Å². The van der Waals surface area contributed by atoms with Gasteiger partial charge in [0.25, 0.3) is 11.8 Å². The number of fused-ring (bicyclic) bond motifs is 2. The summed E-state index contributed by atoms with van der Waals surface area (Å²) in [5.74, 6) is -1.07. The van der Waals surface area contributed by atoms with Gasteiger partial charge in [-0.15, -0.1) is 0 Å². The highest BCUT2D eigenvalue weighted by Crippen LogP contribution is 2.34. The Labute approximate surface area is 361 Å². The first kappa shape index (κ1) is 42.6. The van der Waals surface area contributed by atoms with Gasteiger partial charge in [0.15, 0.2) is 29.9 Å². The zero-order valence-corrected chi connectivity index (χ0v) is 36.6. The Hall–Kier alpha value is -5.04. The number of halogens is 2. The Kier molecular flexibility index (Phi) is 12.4. The Morgan fingerprint density at radius 2 is 1.08 bits per heavy atom. The van der Waals surface area contributed by atoms with Crippen molar-refractivity contribution in [3.05, 3.63) is 108 Å². The third-order valence-electron chi connectivity index (χ3n) is 11.2. The van der Waals surface area contributed by atoms with E-state index in [0.29, 0.717) is 71.6 Å². The molecule has 4 aromatic carbocycles.